The molecule has 0 aliphatic heterocycles. The Labute approximate surface area is 131 Å². The first-order valence-corrected chi connectivity index (χ1v) is 7.48. The van der Waals surface area contributed by atoms with E-state index in [0.717, 1.165) is 28.6 Å². The van der Waals surface area contributed by atoms with Crippen LogP contribution in [0.15, 0.2) is 12.1 Å². The second-order valence-electron chi connectivity index (χ2n) is 5.66. The molecule has 0 bridgehead atoms. The molecule has 118 valence electrons. The summed E-state index contributed by atoms with van der Waals surface area (Å²) in [5.74, 6) is 0.715. The van der Waals surface area contributed by atoms with Crippen molar-refractivity contribution < 1.29 is 4.79 Å². The van der Waals surface area contributed by atoms with E-state index >= 15 is 0 Å². The lowest BCUT2D eigenvalue weighted by Gasteiger charge is -2.14. The van der Waals surface area contributed by atoms with Crippen LogP contribution >= 0.6 is 0 Å². The predicted molar refractivity (Wildman–Crippen MR) is 84.6 cm³/mol. The molecule has 1 atom stereocenters. The molecule has 0 saturated heterocycles. The zero-order chi connectivity index (χ0) is 16.3. The Kier molecular flexibility index (Phi) is 4.90. The van der Waals surface area contributed by atoms with Gasteiger partial charge in [0.2, 0.25) is 5.91 Å². The topological polar surface area (TPSA) is 72.7 Å². The molecule has 6 nitrogen and oxygen atoms in total. The quantitative estimate of drug-likeness (QED) is 0.914. The van der Waals surface area contributed by atoms with Gasteiger partial charge in [0.25, 0.3) is 0 Å². The van der Waals surface area contributed by atoms with Gasteiger partial charge in [0, 0.05) is 30.0 Å². The van der Waals surface area contributed by atoms with Crippen LogP contribution in [0.3, 0.4) is 0 Å². The normalized spacial score (nSPS) is 12.2. The highest BCUT2D eigenvalue weighted by Gasteiger charge is 2.17. The summed E-state index contributed by atoms with van der Waals surface area (Å²) in [5, 5.41) is 7.28. The molecule has 2 aromatic heterocycles. The van der Waals surface area contributed by atoms with E-state index in [2.05, 4.69) is 20.4 Å². The molecule has 0 spiro atoms. The van der Waals surface area contributed by atoms with Crippen molar-refractivity contribution in [3.05, 3.63) is 40.7 Å². The van der Waals surface area contributed by atoms with E-state index < -0.39 is 0 Å². The highest BCUT2D eigenvalue weighted by atomic mass is 16.2. The number of hydrogen-bond donors (Lipinski definition) is 1. The zero-order valence-corrected chi connectivity index (χ0v) is 13.8. The number of carbonyl (C=O) groups is 1. The number of amides is 1. The van der Waals surface area contributed by atoms with Gasteiger partial charge in [0.15, 0.2) is 0 Å². The van der Waals surface area contributed by atoms with Crippen LogP contribution in [0.2, 0.25) is 0 Å². The van der Waals surface area contributed by atoms with Crippen LogP contribution in [0.5, 0.6) is 0 Å². The van der Waals surface area contributed by atoms with E-state index in [1.165, 1.54) is 0 Å². The number of rotatable bonds is 5. The lowest BCUT2D eigenvalue weighted by Crippen LogP contribution is -2.33. The van der Waals surface area contributed by atoms with Gasteiger partial charge in [-0.25, -0.2) is 9.97 Å². The van der Waals surface area contributed by atoms with E-state index in [1.54, 1.807) is 4.68 Å². The second kappa shape index (κ2) is 6.68. The van der Waals surface area contributed by atoms with Crippen molar-refractivity contribution in [2.75, 3.05) is 6.54 Å². The number of nitrogens with zero attached hydrogens (tertiary/aromatic N) is 4. The molecule has 0 aliphatic carbocycles. The molecule has 0 aromatic carbocycles. The number of aromatic nitrogens is 4. The van der Waals surface area contributed by atoms with Crippen molar-refractivity contribution >= 4 is 5.91 Å². The minimum Gasteiger partial charge on any atom is -0.354 e. The molecule has 0 aliphatic rings. The average Bonchev–Trinajstić information content (AvgIpc) is 2.75. The summed E-state index contributed by atoms with van der Waals surface area (Å²) in [7, 11) is 0. The minimum atomic E-state index is -0.325. The maximum Gasteiger partial charge on any atom is 0.244 e. The SMILES string of the molecule is Cc1cc(C)nc(CCNC(=O)C(C)n2nc(C)cc2C)n1. The largest absolute Gasteiger partial charge is 0.354 e. The standard InChI is InChI=1S/C16H23N5O/c1-10-8-11(2)19-15(18-10)6-7-17-16(22)14(5)21-13(4)9-12(3)20-21/h8-9,14H,6-7H2,1-5H3,(H,17,22). The third kappa shape index (κ3) is 3.90. The molecule has 1 N–H and O–H groups in total. The van der Waals surface area contributed by atoms with Crippen molar-refractivity contribution in [1.82, 2.24) is 25.1 Å². The summed E-state index contributed by atoms with van der Waals surface area (Å²) in [4.78, 5) is 21.0. The van der Waals surface area contributed by atoms with E-state index in [1.807, 2.05) is 46.8 Å². The molecular formula is C16H23N5O. The molecular weight excluding hydrogens is 278 g/mol. The van der Waals surface area contributed by atoms with E-state index in [4.69, 9.17) is 0 Å². The van der Waals surface area contributed by atoms with Crippen molar-refractivity contribution in [2.24, 2.45) is 0 Å². The van der Waals surface area contributed by atoms with E-state index in [0.29, 0.717) is 13.0 Å². The Morgan fingerprint density at radius 3 is 2.32 bits per heavy atom. The predicted octanol–water partition coefficient (Wildman–Crippen LogP) is 1.83. The first-order chi connectivity index (χ1) is 10.4. The Hall–Kier alpha value is -2.24. The van der Waals surface area contributed by atoms with Crippen molar-refractivity contribution in [3.8, 4) is 0 Å². The second-order valence-corrected chi connectivity index (χ2v) is 5.66. The molecule has 2 heterocycles. The summed E-state index contributed by atoms with van der Waals surface area (Å²) in [6.45, 7) is 10.1. The summed E-state index contributed by atoms with van der Waals surface area (Å²) >= 11 is 0. The fraction of sp³-hybridized carbons (Fsp3) is 0.500. The number of hydrogen-bond acceptors (Lipinski definition) is 4. The van der Waals surface area contributed by atoms with Gasteiger partial charge in [-0.1, -0.05) is 0 Å². The Balaban J connectivity index is 1.91. The fourth-order valence-electron chi connectivity index (χ4n) is 2.51. The smallest absolute Gasteiger partial charge is 0.244 e. The summed E-state index contributed by atoms with van der Waals surface area (Å²) in [5.41, 5.74) is 3.80. The summed E-state index contributed by atoms with van der Waals surface area (Å²) in [6, 6.07) is 3.58. The highest BCUT2D eigenvalue weighted by Crippen LogP contribution is 2.10. The monoisotopic (exact) mass is 301 g/mol. The van der Waals surface area contributed by atoms with E-state index in [9.17, 15) is 4.79 Å². The lowest BCUT2D eigenvalue weighted by molar-refractivity contribution is -0.124. The van der Waals surface area contributed by atoms with Crippen molar-refractivity contribution in [2.45, 2.75) is 47.1 Å². The maximum atomic E-state index is 12.2. The van der Waals surface area contributed by atoms with Gasteiger partial charge in [-0.2, -0.15) is 5.10 Å². The van der Waals surface area contributed by atoms with Gasteiger partial charge in [-0.3, -0.25) is 9.48 Å². The zero-order valence-electron chi connectivity index (χ0n) is 13.8. The highest BCUT2D eigenvalue weighted by molar-refractivity contribution is 5.79. The van der Waals surface area contributed by atoms with Gasteiger partial charge in [-0.05, 0) is 46.8 Å². The summed E-state index contributed by atoms with van der Waals surface area (Å²) in [6.07, 6.45) is 0.623. The first kappa shape index (κ1) is 16.1. The Morgan fingerprint density at radius 2 is 1.77 bits per heavy atom. The van der Waals surface area contributed by atoms with Gasteiger partial charge >= 0.3 is 0 Å². The number of aryl methyl sites for hydroxylation is 4. The average molecular weight is 301 g/mol. The van der Waals surface area contributed by atoms with Crippen LogP contribution in [-0.2, 0) is 11.2 Å². The Morgan fingerprint density at radius 1 is 1.14 bits per heavy atom. The molecule has 6 heteroatoms. The number of carbonyl (C=O) groups excluding carboxylic acids is 1. The lowest BCUT2D eigenvalue weighted by atomic mass is 10.3. The molecule has 1 unspecified atom stereocenters. The van der Waals surface area contributed by atoms with Gasteiger partial charge < -0.3 is 5.32 Å². The van der Waals surface area contributed by atoms with Crippen LogP contribution in [0.1, 0.15) is 41.6 Å². The minimum absolute atomic E-state index is 0.0458. The molecule has 0 radical (unpaired) electrons. The van der Waals surface area contributed by atoms with Gasteiger partial charge in [0.1, 0.15) is 11.9 Å². The van der Waals surface area contributed by atoms with Crippen LogP contribution < -0.4 is 5.32 Å². The van der Waals surface area contributed by atoms with Crippen molar-refractivity contribution in [1.29, 1.82) is 0 Å². The third-order valence-electron chi connectivity index (χ3n) is 3.47. The maximum absolute atomic E-state index is 12.2. The third-order valence-corrected chi connectivity index (χ3v) is 3.47. The van der Waals surface area contributed by atoms with Gasteiger partial charge in [-0.15, -0.1) is 0 Å². The van der Waals surface area contributed by atoms with Crippen molar-refractivity contribution in [3.63, 3.8) is 0 Å². The first-order valence-electron chi connectivity index (χ1n) is 7.48. The molecule has 1 amide bonds. The molecule has 0 saturated carbocycles. The van der Waals surface area contributed by atoms with Crippen LogP contribution in [0.4, 0.5) is 0 Å². The van der Waals surface area contributed by atoms with Crippen LogP contribution in [0, 0.1) is 27.7 Å². The fourth-order valence-corrected chi connectivity index (χ4v) is 2.51. The van der Waals surface area contributed by atoms with Crippen LogP contribution in [0.25, 0.3) is 0 Å². The van der Waals surface area contributed by atoms with Crippen LogP contribution in [-0.4, -0.2) is 32.2 Å². The summed E-state index contributed by atoms with van der Waals surface area (Å²) < 4.78 is 1.75. The molecule has 2 rings (SSSR count). The van der Waals surface area contributed by atoms with E-state index in [-0.39, 0.29) is 11.9 Å². The number of nitrogens with one attached hydrogen (secondary N) is 1. The van der Waals surface area contributed by atoms with Gasteiger partial charge in [0.05, 0.1) is 5.69 Å². The Bertz CT molecular complexity index is 657. The molecule has 0 fully saturated rings. The molecule has 22 heavy (non-hydrogen) atoms. The molecule has 2 aromatic rings.